The first-order chi connectivity index (χ1) is 11.1. The molecule has 2 atom stereocenters. The average Bonchev–Trinajstić information content (AvgIpc) is 3.04. The number of carbonyl (C=O) groups is 1. The summed E-state index contributed by atoms with van der Waals surface area (Å²) in [5.74, 6) is 1.10. The summed E-state index contributed by atoms with van der Waals surface area (Å²) in [6, 6.07) is 0.536. The lowest BCUT2D eigenvalue weighted by Crippen LogP contribution is -2.64. The highest BCUT2D eigenvalue weighted by Gasteiger charge is 2.58. The molecule has 2 saturated carbocycles. The van der Waals surface area contributed by atoms with Crippen LogP contribution in [-0.2, 0) is 9.53 Å². The van der Waals surface area contributed by atoms with Crippen molar-refractivity contribution in [1.82, 2.24) is 9.80 Å². The van der Waals surface area contributed by atoms with Crippen molar-refractivity contribution in [2.45, 2.75) is 70.9 Å². The van der Waals surface area contributed by atoms with E-state index >= 15 is 0 Å². The van der Waals surface area contributed by atoms with Crippen LogP contribution in [0.15, 0.2) is 0 Å². The van der Waals surface area contributed by atoms with Gasteiger partial charge >= 0.3 is 0 Å². The number of piperidine rings is 1. The fraction of sp³-hybridized carbons (Fsp3) is 0.947. The number of hydrogen-bond acceptors (Lipinski definition) is 3. The molecule has 0 aromatic heterocycles. The maximum Gasteiger partial charge on any atom is 0.236 e. The topological polar surface area (TPSA) is 32.8 Å². The molecule has 4 heteroatoms. The van der Waals surface area contributed by atoms with Gasteiger partial charge in [0.1, 0.15) is 0 Å². The summed E-state index contributed by atoms with van der Waals surface area (Å²) >= 11 is 0. The summed E-state index contributed by atoms with van der Waals surface area (Å²) in [5, 5.41) is 0. The average molecular weight is 322 g/mol. The number of rotatable bonds is 5. The van der Waals surface area contributed by atoms with Crippen LogP contribution < -0.4 is 0 Å². The number of hydrogen-bond donors (Lipinski definition) is 0. The van der Waals surface area contributed by atoms with Crippen LogP contribution in [0.3, 0.4) is 0 Å². The molecule has 0 bridgehead atoms. The van der Waals surface area contributed by atoms with E-state index < -0.39 is 0 Å². The zero-order valence-corrected chi connectivity index (χ0v) is 15.2. The van der Waals surface area contributed by atoms with Gasteiger partial charge < -0.3 is 9.64 Å². The predicted octanol–water partition coefficient (Wildman–Crippen LogP) is 2.91. The van der Waals surface area contributed by atoms with Crippen LogP contribution in [0.4, 0.5) is 0 Å². The number of likely N-dealkylation sites (tertiary alicyclic amines) is 1. The molecule has 1 heterocycles. The van der Waals surface area contributed by atoms with Crippen molar-refractivity contribution in [3.8, 4) is 0 Å². The Morgan fingerprint density at radius 1 is 1.26 bits per heavy atom. The van der Waals surface area contributed by atoms with Crippen LogP contribution >= 0.6 is 0 Å². The molecule has 1 spiro atoms. The Morgan fingerprint density at radius 2 is 1.91 bits per heavy atom. The van der Waals surface area contributed by atoms with Crippen molar-refractivity contribution in [3.63, 3.8) is 0 Å². The van der Waals surface area contributed by atoms with Gasteiger partial charge in [-0.15, -0.1) is 0 Å². The van der Waals surface area contributed by atoms with E-state index in [1.54, 1.807) is 0 Å². The van der Waals surface area contributed by atoms with Crippen molar-refractivity contribution >= 4 is 5.91 Å². The Balaban J connectivity index is 1.55. The first-order valence-electron chi connectivity index (χ1n) is 9.66. The quantitative estimate of drug-likeness (QED) is 0.780. The standard InChI is InChI=1S/C19H34N2O2/c1-4-23-17-13-16(19(17)9-5-6-10-19)20(3)14-18(22)21-11-7-15(2)8-12-21/h15-17H,4-14H2,1-3H3/t16-,17-/m1/s1. The van der Waals surface area contributed by atoms with Gasteiger partial charge in [0.05, 0.1) is 12.6 Å². The van der Waals surface area contributed by atoms with E-state index in [4.69, 9.17) is 4.74 Å². The molecule has 0 radical (unpaired) electrons. The number of carbonyl (C=O) groups excluding carboxylic acids is 1. The molecule has 1 aliphatic heterocycles. The molecule has 1 saturated heterocycles. The lowest BCUT2D eigenvalue weighted by molar-refractivity contribution is -0.165. The van der Waals surface area contributed by atoms with Gasteiger partial charge in [-0.2, -0.15) is 0 Å². The summed E-state index contributed by atoms with van der Waals surface area (Å²) in [7, 11) is 2.15. The fourth-order valence-electron chi connectivity index (χ4n) is 5.15. The fourth-order valence-corrected chi connectivity index (χ4v) is 5.15. The molecular weight excluding hydrogens is 288 g/mol. The van der Waals surface area contributed by atoms with Crippen molar-refractivity contribution in [1.29, 1.82) is 0 Å². The Kier molecular flexibility index (Phi) is 5.32. The molecule has 0 unspecified atom stereocenters. The van der Waals surface area contributed by atoms with Crippen molar-refractivity contribution in [2.75, 3.05) is 33.3 Å². The highest BCUT2D eigenvalue weighted by atomic mass is 16.5. The van der Waals surface area contributed by atoms with Gasteiger partial charge in [0, 0.05) is 31.2 Å². The van der Waals surface area contributed by atoms with Gasteiger partial charge in [-0.25, -0.2) is 0 Å². The Bertz CT molecular complexity index is 412. The van der Waals surface area contributed by atoms with E-state index in [1.807, 2.05) is 0 Å². The van der Waals surface area contributed by atoms with Crippen molar-refractivity contribution < 1.29 is 9.53 Å². The SMILES string of the molecule is CCO[C@@H]1C[C@@H](N(C)CC(=O)N2CCC(C)CC2)C12CCCC2. The summed E-state index contributed by atoms with van der Waals surface area (Å²) in [6.07, 6.45) is 9.06. The van der Waals surface area contributed by atoms with E-state index in [-0.39, 0.29) is 0 Å². The molecule has 0 aromatic rings. The van der Waals surface area contributed by atoms with Crippen molar-refractivity contribution in [2.24, 2.45) is 11.3 Å². The Morgan fingerprint density at radius 3 is 2.52 bits per heavy atom. The van der Waals surface area contributed by atoms with Crippen LogP contribution in [-0.4, -0.2) is 61.1 Å². The second-order valence-corrected chi connectivity index (χ2v) is 8.11. The van der Waals surface area contributed by atoms with E-state index in [0.29, 0.717) is 30.0 Å². The molecule has 3 fully saturated rings. The van der Waals surface area contributed by atoms with Crippen molar-refractivity contribution in [3.05, 3.63) is 0 Å². The first-order valence-corrected chi connectivity index (χ1v) is 9.66. The largest absolute Gasteiger partial charge is 0.378 e. The normalized spacial score (nSPS) is 30.9. The van der Waals surface area contributed by atoms with E-state index in [2.05, 4.69) is 30.7 Å². The van der Waals surface area contributed by atoms with E-state index in [9.17, 15) is 4.79 Å². The number of likely N-dealkylation sites (N-methyl/N-ethyl adjacent to an activating group) is 1. The molecule has 132 valence electrons. The zero-order valence-electron chi connectivity index (χ0n) is 15.2. The molecule has 23 heavy (non-hydrogen) atoms. The predicted molar refractivity (Wildman–Crippen MR) is 92.3 cm³/mol. The number of amides is 1. The van der Waals surface area contributed by atoms with Crippen LogP contribution in [0.5, 0.6) is 0 Å². The minimum atomic E-state index is 0.326. The number of nitrogens with zero attached hydrogens (tertiary/aromatic N) is 2. The summed E-state index contributed by atoms with van der Waals surface area (Å²) < 4.78 is 6.01. The molecule has 2 aliphatic carbocycles. The Hall–Kier alpha value is -0.610. The van der Waals surface area contributed by atoms with Crippen LogP contribution in [0.2, 0.25) is 0 Å². The minimum absolute atomic E-state index is 0.326. The van der Waals surface area contributed by atoms with Gasteiger partial charge in [-0.3, -0.25) is 9.69 Å². The number of ether oxygens (including phenoxy) is 1. The van der Waals surface area contributed by atoms with Gasteiger partial charge in [0.25, 0.3) is 0 Å². The molecule has 0 aromatic carbocycles. The highest BCUT2D eigenvalue weighted by molar-refractivity contribution is 5.78. The Labute approximate surface area is 141 Å². The maximum atomic E-state index is 12.6. The van der Waals surface area contributed by atoms with Gasteiger partial charge in [-0.1, -0.05) is 19.8 Å². The maximum absolute atomic E-state index is 12.6. The van der Waals surface area contributed by atoms with E-state index in [1.165, 1.54) is 25.7 Å². The lowest BCUT2D eigenvalue weighted by atomic mass is 9.60. The molecule has 4 nitrogen and oxygen atoms in total. The van der Waals surface area contributed by atoms with Crippen LogP contribution in [0, 0.1) is 11.3 Å². The van der Waals surface area contributed by atoms with Crippen LogP contribution in [0.1, 0.15) is 58.8 Å². The van der Waals surface area contributed by atoms with Gasteiger partial charge in [0.15, 0.2) is 0 Å². The smallest absolute Gasteiger partial charge is 0.236 e. The monoisotopic (exact) mass is 322 g/mol. The minimum Gasteiger partial charge on any atom is -0.378 e. The third-order valence-electron chi connectivity index (χ3n) is 6.70. The summed E-state index contributed by atoms with van der Waals surface area (Å²) in [6.45, 7) is 7.68. The highest BCUT2D eigenvalue weighted by Crippen LogP contribution is 2.56. The summed E-state index contributed by atoms with van der Waals surface area (Å²) in [5.41, 5.74) is 0.335. The van der Waals surface area contributed by atoms with E-state index in [0.717, 1.165) is 44.9 Å². The first kappa shape index (κ1) is 17.2. The molecule has 1 amide bonds. The van der Waals surface area contributed by atoms with Gasteiger partial charge in [-0.05, 0) is 52.0 Å². The zero-order chi connectivity index (χ0) is 16.4. The second-order valence-electron chi connectivity index (χ2n) is 8.11. The van der Waals surface area contributed by atoms with Gasteiger partial charge in [0.2, 0.25) is 5.91 Å². The third-order valence-corrected chi connectivity index (χ3v) is 6.70. The van der Waals surface area contributed by atoms with Crippen LogP contribution in [0.25, 0.3) is 0 Å². The summed E-state index contributed by atoms with van der Waals surface area (Å²) in [4.78, 5) is 17.0. The lowest BCUT2D eigenvalue weighted by Gasteiger charge is -2.57. The second kappa shape index (κ2) is 7.10. The molecular formula is C19H34N2O2. The third kappa shape index (κ3) is 3.30. The molecule has 3 aliphatic rings. The molecule has 3 rings (SSSR count). The molecule has 0 N–H and O–H groups in total.